The summed E-state index contributed by atoms with van der Waals surface area (Å²) < 4.78 is 3.70. The molecule has 3 amide bonds. The summed E-state index contributed by atoms with van der Waals surface area (Å²) in [6, 6.07) is 10.9. The van der Waals surface area contributed by atoms with E-state index in [1.54, 1.807) is 12.1 Å². The minimum Gasteiger partial charge on any atom is -0.506 e. The van der Waals surface area contributed by atoms with Gasteiger partial charge in [-0.2, -0.15) is 0 Å². The molecule has 0 aliphatic heterocycles. The summed E-state index contributed by atoms with van der Waals surface area (Å²) >= 11 is 6.71. The second-order valence-electron chi connectivity index (χ2n) is 5.51. The Morgan fingerprint density at radius 1 is 1.07 bits per heavy atom. The summed E-state index contributed by atoms with van der Waals surface area (Å²) in [6.45, 7) is 1.94. The van der Waals surface area contributed by atoms with Crippen molar-refractivity contribution in [3.63, 3.8) is 0 Å². The highest BCUT2D eigenvalue weighted by Gasteiger charge is 2.20. The molecule has 0 unspecified atom stereocenters. The Hall–Kier alpha value is -3.17. The van der Waals surface area contributed by atoms with E-state index in [-0.39, 0.29) is 22.1 Å². The molecule has 0 radical (unpaired) electrons. The lowest BCUT2D eigenvalue weighted by Crippen LogP contribution is -2.21. The van der Waals surface area contributed by atoms with Crippen LogP contribution in [0.15, 0.2) is 42.5 Å². The molecule has 0 atom stereocenters. The third-order valence-corrected chi connectivity index (χ3v) is 4.32. The number of nitrogens with zero attached hydrogens (tertiary/aromatic N) is 2. The number of hydrogen-bond donors (Lipinski definition) is 4. The van der Waals surface area contributed by atoms with Gasteiger partial charge in [0.15, 0.2) is 10.7 Å². The molecule has 1 heterocycles. The molecule has 0 spiro atoms. The number of nitrogens with one attached hydrogen (secondary N) is 3. The average Bonchev–Trinajstić information content (AvgIpc) is 3.08. The molecule has 0 fully saturated rings. The van der Waals surface area contributed by atoms with Gasteiger partial charge in [0.05, 0.1) is 5.69 Å². The van der Waals surface area contributed by atoms with Gasteiger partial charge in [-0.3, -0.25) is 10.1 Å². The van der Waals surface area contributed by atoms with Crippen molar-refractivity contribution in [2.45, 2.75) is 6.92 Å². The number of rotatable bonds is 4. The van der Waals surface area contributed by atoms with Crippen LogP contribution in [0, 0.1) is 6.92 Å². The van der Waals surface area contributed by atoms with Gasteiger partial charge in [0, 0.05) is 22.2 Å². The molecule has 1 aromatic heterocycles. The van der Waals surface area contributed by atoms with Crippen LogP contribution in [0.5, 0.6) is 5.75 Å². The molecule has 0 saturated carbocycles. The monoisotopic (exact) mass is 403 g/mol. The predicted molar refractivity (Wildman–Crippen MR) is 105 cm³/mol. The van der Waals surface area contributed by atoms with E-state index in [1.807, 2.05) is 19.1 Å². The Kier molecular flexibility index (Phi) is 5.53. The zero-order valence-electron chi connectivity index (χ0n) is 14.0. The van der Waals surface area contributed by atoms with E-state index in [4.69, 9.17) is 11.6 Å². The SMILES string of the molecule is Cc1ccc(NC(=O)Nc2snnc2C(=O)Nc2cc(Cl)ccc2O)cc1. The zero-order chi connectivity index (χ0) is 19.4. The molecular formula is C17H14ClN5O3S. The van der Waals surface area contributed by atoms with Gasteiger partial charge >= 0.3 is 6.03 Å². The van der Waals surface area contributed by atoms with Crippen LogP contribution in [0.4, 0.5) is 21.2 Å². The Morgan fingerprint density at radius 3 is 2.56 bits per heavy atom. The molecule has 27 heavy (non-hydrogen) atoms. The summed E-state index contributed by atoms with van der Waals surface area (Å²) in [7, 11) is 0. The first kappa shape index (κ1) is 18.6. The highest BCUT2D eigenvalue weighted by molar-refractivity contribution is 7.10. The topological polar surface area (TPSA) is 116 Å². The van der Waals surface area contributed by atoms with Crippen molar-refractivity contribution in [1.29, 1.82) is 0 Å². The Labute approximate surface area is 163 Å². The number of carbonyl (C=O) groups excluding carboxylic acids is 2. The standard InChI is InChI=1S/C17H14ClN5O3S/c1-9-2-5-11(6-3-9)19-17(26)21-16-14(22-23-27-16)15(25)20-12-8-10(18)4-7-13(12)24/h2-8,24H,1H3,(H,20,25)(H2,19,21,26). The molecule has 0 saturated heterocycles. The smallest absolute Gasteiger partial charge is 0.324 e. The molecule has 0 aliphatic carbocycles. The fourth-order valence-electron chi connectivity index (χ4n) is 2.11. The molecule has 3 aromatic rings. The molecule has 0 bridgehead atoms. The van der Waals surface area contributed by atoms with Crippen LogP contribution < -0.4 is 16.0 Å². The van der Waals surface area contributed by atoms with Crippen LogP contribution >= 0.6 is 23.1 Å². The van der Waals surface area contributed by atoms with E-state index in [2.05, 4.69) is 25.5 Å². The number of phenols is 1. The van der Waals surface area contributed by atoms with Crippen molar-refractivity contribution in [1.82, 2.24) is 9.59 Å². The van der Waals surface area contributed by atoms with Crippen molar-refractivity contribution in [3.8, 4) is 5.75 Å². The van der Waals surface area contributed by atoms with Crippen LogP contribution in [0.3, 0.4) is 0 Å². The van der Waals surface area contributed by atoms with E-state index in [9.17, 15) is 14.7 Å². The van der Waals surface area contributed by atoms with Crippen LogP contribution in [-0.2, 0) is 0 Å². The second-order valence-corrected chi connectivity index (χ2v) is 6.70. The van der Waals surface area contributed by atoms with Crippen molar-refractivity contribution in [2.24, 2.45) is 0 Å². The number of aromatic nitrogens is 2. The van der Waals surface area contributed by atoms with Gasteiger partial charge in [-0.1, -0.05) is 33.8 Å². The quantitative estimate of drug-likeness (QED) is 0.489. The van der Waals surface area contributed by atoms with Crippen molar-refractivity contribution in [3.05, 3.63) is 58.7 Å². The first-order chi connectivity index (χ1) is 12.9. The number of hydrogen-bond acceptors (Lipinski definition) is 6. The van der Waals surface area contributed by atoms with Gasteiger partial charge in [0.2, 0.25) is 0 Å². The molecule has 2 aromatic carbocycles. The molecular weight excluding hydrogens is 390 g/mol. The van der Waals surface area contributed by atoms with Gasteiger partial charge < -0.3 is 15.7 Å². The number of urea groups is 1. The first-order valence-electron chi connectivity index (χ1n) is 7.69. The maximum absolute atomic E-state index is 12.4. The molecule has 0 aliphatic rings. The number of aryl methyl sites for hydroxylation is 1. The third-order valence-electron chi connectivity index (χ3n) is 3.45. The van der Waals surface area contributed by atoms with Gasteiger partial charge in [-0.05, 0) is 37.3 Å². The summed E-state index contributed by atoms with van der Waals surface area (Å²) in [5.74, 6) is -0.797. The fourth-order valence-corrected chi connectivity index (χ4v) is 2.85. The molecule has 3 rings (SSSR count). The van der Waals surface area contributed by atoms with E-state index in [1.165, 1.54) is 18.2 Å². The van der Waals surface area contributed by atoms with Crippen molar-refractivity contribution >= 4 is 51.4 Å². The van der Waals surface area contributed by atoms with Gasteiger partial charge in [-0.15, -0.1) is 5.10 Å². The van der Waals surface area contributed by atoms with E-state index >= 15 is 0 Å². The summed E-state index contributed by atoms with van der Waals surface area (Å²) in [4.78, 5) is 24.5. The zero-order valence-corrected chi connectivity index (χ0v) is 15.6. The van der Waals surface area contributed by atoms with E-state index < -0.39 is 11.9 Å². The maximum Gasteiger partial charge on any atom is 0.324 e. The van der Waals surface area contributed by atoms with Gasteiger partial charge in [-0.25, -0.2) is 4.79 Å². The number of anilines is 3. The van der Waals surface area contributed by atoms with Crippen LogP contribution in [0.1, 0.15) is 16.1 Å². The normalized spacial score (nSPS) is 10.3. The van der Waals surface area contributed by atoms with Crippen LogP contribution in [-0.4, -0.2) is 26.6 Å². The molecule has 10 heteroatoms. The highest BCUT2D eigenvalue weighted by atomic mass is 35.5. The lowest BCUT2D eigenvalue weighted by Gasteiger charge is -2.08. The van der Waals surface area contributed by atoms with Gasteiger partial charge in [0.1, 0.15) is 5.75 Å². The Morgan fingerprint density at radius 2 is 1.81 bits per heavy atom. The summed E-state index contributed by atoms with van der Waals surface area (Å²) in [6.07, 6.45) is 0. The highest BCUT2D eigenvalue weighted by Crippen LogP contribution is 2.28. The maximum atomic E-state index is 12.4. The fraction of sp³-hybridized carbons (Fsp3) is 0.0588. The number of carbonyl (C=O) groups is 2. The minimum atomic E-state index is -0.646. The van der Waals surface area contributed by atoms with Crippen molar-refractivity contribution in [2.75, 3.05) is 16.0 Å². The molecule has 138 valence electrons. The number of phenolic OH excluding ortho intramolecular Hbond substituents is 1. The summed E-state index contributed by atoms with van der Waals surface area (Å²) in [5.41, 5.74) is 1.70. The lowest BCUT2D eigenvalue weighted by molar-refractivity contribution is 0.102. The number of benzene rings is 2. The Balaban J connectivity index is 1.69. The number of halogens is 1. The number of aromatic hydroxyl groups is 1. The van der Waals surface area contributed by atoms with Gasteiger partial charge in [0.25, 0.3) is 5.91 Å². The number of amides is 3. The average molecular weight is 404 g/mol. The predicted octanol–water partition coefficient (Wildman–Crippen LogP) is 4.10. The second kappa shape index (κ2) is 8.02. The molecule has 4 N–H and O–H groups in total. The largest absolute Gasteiger partial charge is 0.506 e. The third kappa shape index (κ3) is 4.72. The lowest BCUT2D eigenvalue weighted by atomic mass is 10.2. The molecule has 8 nitrogen and oxygen atoms in total. The Bertz CT molecular complexity index is 990. The summed E-state index contributed by atoms with van der Waals surface area (Å²) in [5, 5.41) is 21.7. The minimum absolute atomic E-state index is 0.0848. The van der Waals surface area contributed by atoms with Crippen LogP contribution in [0.25, 0.3) is 0 Å². The van der Waals surface area contributed by atoms with Crippen LogP contribution in [0.2, 0.25) is 5.02 Å². The van der Waals surface area contributed by atoms with Crippen molar-refractivity contribution < 1.29 is 14.7 Å². The van der Waals surface area contributed by atoms with E-state index in [0.29, 0.717) is 10.7 Å². The first-order valence-corrected chi connectivity index (χ1v) is 8.84. The van der Waals surface area contributed by atoms with E-state index in [0.717, 1.165) is 17.1 Å².